The van der Waals surface area contributed by atoms with Gasteiger partial charge in [0.05, 0.1) is 7.11 Å². The molecular weight excluding hydrogens is 400 g/mol. The molecule has 0 aliphatic carbocycles. The Balaban J connectivity index is 1.60. The van der Waals surface area contributed by atoms with Crippen LogP contribution in [0.3, 0.4) is 0 Å². The van der Waals surface area contributed by atoms with Crippen molar-refractivity contribution >= 4 is 51.4 Å². The number of amides is 3. The fourth-order valence-corrected chi connectivity index (χ4v) is 3.29. The van der Waals surface area contributed by atoms with Gasteiger partial charge in [0.2, 0.25) is 0 Å². The van der Waals surface area contributed by atoms with E-state index in [0.717, 1.165) is 22.6 Å². The maximum Gasteiger partial charge on any atom is 0.325 e. The molecule has 0 spiro atoms. The second kappa shape index (κ2) is 8.73. The summed E-state index contributed by atoms with van der Waals surface area (Å²) >= 11 is 7.04. The van der Waals surface area contributed by atoms with Gasteiger partial charge in [0.15, 0.2) is 5.13 Å². The fourth-order valence-electron chi connectivity index (χ4n) is 2.41. The van der Waals surface area contributed by atoms with E-state index in [2.05, 4.69) is 20.9 Å². The van der Waals surface area contributed by atoms with Crippen LogP contribution in [0.4, 0.5) is 21.3 Å². The standard InChI is InChI=1S/C19H17ClN4O3S/c1-11-8-14(6-7-16(11)27-2)21-17(25)15-10-28-19(23-15)24-18(26)22-13-5-3-4-12(20)9-13/h3-10H,1-2H3,(H,21,25)(H2,22,23,24,26). The van der Waals surface area contributed by atoms with Crippen LogP contribution in [0.25, 0.3) is 0 Å². The van der Waals surface area contributed by atoms with Crippen LogP contribution in [-0.4, -0.2) is 24.0 Å². The molecule has 3 N–H and O–H groups in total. The van der Waals surface area contributed by atoms with E-state index in [-0.39, 0.29) is 11.6 Å². The Morgan fingerprint density at radius 2 is 1.86 bits per heavy atom. The number of hydrogen-bond acceptors (Lipinski definition) is 5. The maximum atomic E-state index is 12.4. The molecule has 0 bridgehead atoms. The summed E-state index contributed by atoms with van der Waals surface area (Å²) in [6, 6.07) is 11.6. The van der Waals surface area contributed by atoms with Crippen LogP contribution >= 0.6 is 22.9 Å². The quantitative estimate of drug-likeness (QED) is 0.545. The molecule has 0 unspecified atom stereocenters. The first kappa shape index (κ1) is 19.7. The third-order valence-corrected chi connectivity index (χ3v) is 4.69. The summed E-state index contributed by atoms with van der Waals surface area (Å²) in [7, 11) is 1.59. The van der Waals surface area contributed by atoms with Crippen molar-refractivity contribution < 1.29 is 14.3 Å². The van der Waals surface area contributed by atoms with E-state index < -0.39 is 6.03 Å². The second-order valence-electron chi connectivity index (χ2n) is 5.77. The van der Waals surface area contributed by atoms with E-state index in [4.69, 9.17) is 16.3 Å². The van der Waals surface area contributed by atoms with E-state index in [0.29, 0.717) is 21.5 Å². The van der Waals surface area contributed by atoms with Gasteiger partial charge in [-0.05, 0) is 48.9 Å². The van der Waals surface area contributed by atoms with Crippen molar-refractivity contribution in [3.8, 4) is 5.75 Å². The van der Waals surface area contributed by atoms with Crippen molar-refractivity contribution in [3.05, 3.63) is 64.1 Å². The number of nitrogens with one attached hydrogen (secondary N) is 3. The Hall–Kier alpha value is -3.10. The molecule has 0 saturated carbocycles. The third kappa shape index (κ3) is 4.99. The normalized spacial score (nSPS) is 10.2. The number of thiazole rings is 1. The predicted octanol–water partition coefficient (Wildman–Crippen LogP) is 5.01. The topological polar surface area (TPSA) is 92.4 Å². The molecule has 0 aliphatic rings. The second-order valence-corrected chi connectivity index (χ2v) is 7.06. The molecular formula is C19H17ClN4O3S. The molecule has 3 amide bonds. The third-order valence-electron chi connectivity index (χ3n) is 3.69. The maximum absolute atomic E-state index is 12.4. The SMILES string of the molecule is COc1ccc(NC(=O)c2csc(NC(=O)Nc3cccc(Cl)c3)n2)cc1C. The summed E-state index contributed by atoms with van der Waals surface area (Å²) in [5, 5.41) is 10.4. The van der Waals surface area contributed by atoms with Crippen LogP contribution in [0.15, 0.2) is 47.8 Å². The van der Waals surface area contributed by atoms with Gasteiger partial charge in [-0.2, -0.15) is 0 Å². The molecule has 3 aromatic rings. The van der Waals surface area contributed by atoms with Crippen LogP contribution in [-0.2, 0) is 0 Å². The van der Waals surface area contributed by atoms with E-state index in [1.54, 1.807) is 55.0 Å². The number of urea groups is 1. The van der Waals surface area contributed by atoms with Gasteiger partial charge in [-0.15, -0.1) is 11.3 Å². The highest BCUT2D eigenvalue weighted by Crippen LogP contribution is 2.23. The molecule has 28 heavy (non-hydrogen) atoms. The average molecular weight is 417 g/mol. The first-order chi connectivity index (χ1) is 13.4. The largest absolute Gasteiger partial charge is 0.496 e. The molecule has 3 rings (SSSR count). The lowest BCUT2D eigenvalue weighted by molar-refractivity contribution is 0.102. The number of ether oxygens (including phenoxy) is 1. The lowest BCUT2D eigenvalue weighted by atomic mass is 10.2. The minimum Gasteiger partial charge on any atom is -0.496 e. The fraction of sp³-hybridized carbons (Fsp3) is 0.105. The first-order valence-corrected chi connectivity index (χ1v) is 9.45. The number of aryl methyl sites for hydroxylation is 1. The Labute approximate surface area is 170 Å². The molecule has 0 radical (unpaired) electrons. The highest BCUT2D eigenvalue weighted by Gasteiger charge is 2.13. The number of rotatable bonds is 5. The Kier molecular flexibility index (Phi) is 6.13. The summed E-state index contributed by atoms with van der Waals surface area (Å²) in [6.07, 6.45) is 0. The van der Waals surface area contributed by atoms with Crippen LogP contribution in [0, 0.1) is 6.92 Å². The minimum atomic E-state index is -0.477. The molecule has 2 aromatic carbocycles. The van der Waals surface area contributed by atoms with Crippen molar-refractivity contribution in [3.63, 3.8) is 0 Å². The molecule has 0 aliphatic heterocycles. The molecule has 1 heterocycles. The summed E-state index contributed by atoms with van der Waals surface area (Å²) in [5.41, 5.74) is 2.29. The van der Waals surface area contributed by atoms with Crippen LogP contribution in [0.1, 0.15) is 16.1 Å². The molecule has 0 saturated heterocycles. The minimum absolute atomic E-state index is 0.205. The average Bonchev–Trinajstić information content (AvgIpc) is 3.10. The van der Waals surface area contributed by atoms with Gasteiger partial charge in [-0.3, -0.25) is 10.1 Å². The Morgan fingerprint density at radius 3 is 2.57 bits per heavy atom. The van der Waals surface area contributed by atoms with Crippen molar-refractivity contribution in [2.45, 2.75) is 6.92 Å². The highest BCUT2D eigenvalue weighted by atomic mass is 35.5. The van der Waals surface area contributed by atoms with Crippen LogP contribution < -0.4 is 20.7 Å². The molecule has 0 fully saturated rings. The Bertz CT molecular complexity index is 1020. The van der Waals surface area contributed by atoms with E-state index in [1.807, 2.05) is 6.92 Å². The molecule has 9 heteroatoms. The number of carbonyl (C=O) groups is 2. The number of halogens is 1. The first-order valence-electron chi connectivity index (χ1n) is 8.19. The van der Waals surface area contributed by atoms with Crippen molar-refractivity contribution in [1.29, 1.82) is 0 Å². The van der Waals surface area contributed by atoms with E-state index in [9.17, 15) is 9.59 Å². The molecule has 1 aromatic heterocycles. The number of benzene rings is 2. The smallest absolute Gasteiger partial charge is 0.325 e. The van der Waals surface area contributed by atoms with Gasteiger partial charge >= 0.3 is 6.03 Å². The van der Waals surface area contributed by atoms with Gasteiger partial charge in [0.1, 0.15) is 11.4 Å². The van der Waals surface area contributed by atoms with E-state index in [1.165, 1.54) is 0 Å². The van der Waals surface area contributed by atoms with Gasteiger partial charge < -0.3 is 15.4 Å². The number of carbonyl (C=O) groups excluding carboxylic acids is 2. The number of hydrogen-bond donors (Lipinski definition) is 3. The van der Waals surface area contributed by atoms with Crippen molar-refractivity contribution in [2.75, 3.05) is 23.1 Å². The zero-order valence-corrected chi connectivity index (χ0v) is 16.6. The van der Waals surface area contributed by atoms with Crippen LogP contribution in [0.5, 0.6) is 5.75 Å². The van der Waals surface area contributed by atoms with Gasteiger partial charge in [0, 0.05) is 21.8 Å². The van der Waals surface area contributed by atoms with Gasteiger partial charge in [-0.25, -0.2) is 9.78 Å². The lowest BCUT2D eigenvalue weighted by Crippen LogP contribution is -2.19. The zero-order chi connectivity index (χ0) is 20.1. The summed E-state index contributed by atoms with van der Waals surface area (Å²) in [6.45, 7) is 1.89. The highest BCUT2D eigenvalue weighted by molar-refractivity contribution is 7.14. The number of nitrogens with zero attached hydrogens (tertiary/aromatic N) is 1. The Morgan fingerprint density at radius 1 is 1.07 bits per heavy atom. The van der Waals surface area contributed by atoms with Gasteiger partial charge in [-0.1, -0.05) is 17.7 Å². The molecule has 0 atom stereocenters. The zero-order valence-electron chi connectivity index (χ0n) is 15.1. The van der Waals surface area contributed by atoms with Crippen molar-refractivity contribution in [2.24, 2.45) is 0 Å². The van der Waals surface area contributed by atoms with Gasteiger partial charge in [0.25, 0.3) is 5.91 Å². The lowest BCUT2D eigenvalue weighted by Gasteiger charge is -2.08. The predicted molar refractivity (Wildman–Crippen MR) is 112 cm³/mol. The molecule has 7 nitrogen and oxygen atoms in total. The van der Waals surface area contributed by atoms with E-state index >= 15 is 0 Å². The number of aromatic nitrogens is 1. The van der Waals surface area contributed by atoms with Crippen LogP contribution in [0.2, 0.25) is 5.02 Å². The summed E-state index contributed by atoms with van der Waals surface area (Å²) < 4.78 is 5.20. The summed E-state index contributed by atoms with van der Waals surface area (Å²) in [5.74, 6) is 0.368. The monoisotopic (exact) mass is 416 g/mol. The summed E-state index contributed by atoms with van der Waals surface area (Å²) in [4.78, 5) is 28.6. The molecule has 144 valence electrons. The number of methoxy groups -OCH3 is 1. The number of anilines is 3. The van der Waals surface area contributed by atoms with Crippen molar-refractivity contribution in [1.82, 2.24) is 4.98 Å².